The van der Waals surface area contributed by atoms with Crippen LogP contribution in [0.1, 0.15) is 85.0 Å². The van der Waals surface area contributed by atoms with Crippen LogP contribution in [0.15, 0.2) is 0 Å². The van der Waals surface area contributed by atoms with Crippen molar-refractivity contribution in [3.63, 3.8) is 0 Å². The van der Waals surface area contributed by atoms with Crippen molar-refractivity contribution in [3.8, 4) is 0 Å². The molecule has 0 heterocycles. The van der Waals surface area contributed by atoms with Crippen LogP contribution in [-0.2, 0) is 0 Å². The van der Waals surface area contributed by atoms with E-state index in [4.69, 9.17) is 5.73 Å². The molecule has 0 aliphatic carbocycles. The maximum atomic E-state index is 5.93. The van der Waals surface area contributed by atoms with E-state index in [2.05, 4.69) is 20.8 Å². The first-order valence-corrected chi connectivity index (χ1v) is 6.85. The summed E-state index contributed by atoms with van der Waals surface area (Å²) in [7, 11) is 0. The Labute approximate surface area is 125 Å². The van der Waals surface area contributed by atoms with E-state index in [0.717, 1.165) is 0 Å². The van der Waals surface area contributed by atoms with Gasteiger partial charge in [0.15, 0.2) is 0 Å². The minimum absolute atomic E-state index is 0. The molecule has 94 valence electrons. The second kappa shape index (κ2) is 12.4. The number of unbranched alkanes of at least 4 members (excludes halogenated alkanes) is 8. The van der Waals surface area contributed by atoms with Gasteiger partial charge in [0.05, 0.1) is 0 Å². The fourth-order valence-electron chi connectivity index (χ4n) is 1.89. The van der Waals surface area contributed by atoms with Crippen LogP contribution in [0.5, 0.6) is 0 Å². The number of rotatable bonds is 10. The first-order valence-electron chi connectivity index (χ1n) is 6.85. The van der Waals surface area contributed by atoms with Crippen molar-refractivity contribution in [1.29, 1.82) is 0 Å². The molecule has 0 saturated carbocycles. The number of nitrogens with two attached hydrogens (primary N) is 1. The van der Waals surface area contributed by atoms with E-state index in [1.54, 1.807) is 0 Å². The number of hydrogen-bond donors (Lipinski definition) is 1. The molecular formula is C14H32NNa. The molecular weight excluding hydrogens is 205 g/mol. The maximum absolute atomic E-state index is 5.93. The second-order valence-corrected chi connectivity index (χ2v) is 5.57. The van der Waals surface area contributed by atoms with Gasteiger partial charge < -0.3 is 5.73 Å². The Balaban J connectivity index is 0. The SMILES string of the molecule is CCCCCCCCCCCC(C)(C)N.[NaH]. The molecule has 1 nitrogen and oxygen atoms in total. The van der Waals surface area contributed by atoms with Crippen molar-refractivity contribution in [3.05, 3.63) is 0 Å². The van der Waals surface area contributed by atoms with Gasteiger partial charge in [-0.15, -0.1) is 0 Å². The van der Waals surface area contributed by atoms with Gasteiger partial charge in [0.2, 0.25) is 0 Å². The van der Waals surface area contributed by atoms with Crippen LogP contribution >= 0.6 is 0 Å². The van der Waals surface area contributed by atoms with E-state index < -0.39 is 0 Å². The first kappa shape index (κ1) is 19.3. The van der Waals surface area contributed by atoms with Crippen molar-refractivity contribution in [2.24, 2.45) is 5.73 Å². The summed E-state index contributed by atoms with van der Waals surface area (Å²) < 4.78 is 0. The average molecular weight is 237 g/mol. The second-order valence-electron chi connectivity index (χ2n) is 5.57. The van der Waals surface area contributed by atoms with Crippen LogP contribution in [0.25, 0.3) is 0 Å². The Morgan fingerprint density at radius 2 is 1.12 bits per heavy atom. The third-order valence-electron chi connectivity index (χ3n) is 2.92. The molecule has 0 unspecified atom stereocenters. The van der Waals surface area contributed by atoms with Gasteiger partial charge >= 0.3 is 29.6 Å². The summed E-state index contributed by atoms with van der Waals surface area (Å²) in [5.74, 6) is 0. The van der Waals surface area contributed by atoms with Crippen molar-refractivity contribution in [2.45, 2.75) is 90.5 Å². The Morgan fingerprint density at radius 1 is 0.750 bits per heavy atom. The molecule has 2 heteroatoms. The van der Waals surface area contributed by atoms with E-state index in [9.17, 15) is 0 Å². The van der Waals surface area contributed by atoms with Crippen LogP contribution < -0.4 is 5.73 Å². The average Bonchev–Trinajstić information content (AvgIpc) is 2.14. The normalized spacial score (nSPS) is 11.2. The zero-order valence-corrected chi connectivity index (χ0v) is 11.1. The van der Waals surface area contributed by atoms with Gasteiger partial charge in [0.1, 0.15) is 0 Å². The quantitative estimate of drug-likeness (QED) is 0.451. The van der Waals surface area contributed by atoms with E-state index in [0.29, 0.717) is 0 Å². The van der Waals surface area contributed by atoms with Gasteiger partial charge in [-0.3, -0.25) is 0 Å². The van der Waals surface area contributed by atoms with Crippen LogP contribution in [0.2, 0.25) is 0 Å². The molecule has 2 N–H and O–H groups in total. The Hall–Kier alpha value is 0.960. The van der Waals surface area contributed by atoms with Crippen LogP contribution in [0.4, 0.5) is 0 Å². The molecule has 0 aromatic heterocycles. The molecule has 0 amide bonds. The van der Waals surface area contributed by atoms with Crippen molar-refractivity contribution in [1.82, 2.24) is 0 Å². The molecule has 16 heavy (non-hydrogen) atoms. The molecule has 0 aromatic rings. The molecule has 0 bridgehead atoms. The van der Waals surface area contributed by atoms with Crippen molar-refractivity contribution < 1.29 is 0 Å². The van der Waals surface area contributed by atoms with E-state index in [-0.39, 0.29) is 35.1 Å². The molecule has 0 aliphatic rings. The molecule has 0 radical (unpaired) electrons. The molecule has 0 saturated heterocycles. The summed E-state index contributed by atoms with van der Waals surface area (Å²) in [6.45, 7) is 6.52. The third-order valence-corrected chi connectivity index (χ3v) is 2.92. The van der Waals surface area contributed by atoms with Gasteiger partial charge in [0.25, 0.3) is 0 Å². The summed E-state index contributed by atoms with van der Waals surface area (Å²) in [6, 6.07) is 0. The van der Waals surface area contributed by atoms with Gasteiger partial charge in [-0.2, -0.15) is 0 Å². The molecule has 0 aromatic carbocycles. The summed E-state index contributed by atoms with van der Waals surface area (Å²) >= 11 is 0. The first-order chi connectivity index (χ1) is 7.06. The van der Waals surface area contributed by atoms with Gasteiger partial charge in [-0.05, 0) is 20.3 Å². The Kier molecular flexibility index (Phi) is 15.0. The molecule has 0 fully saturated rings. The monoisotopic (exact) mass is 237 g/mol. The van der Waals surface area contributed by atoms with E-state index in [1.807, 2.05) is 0 Å². The fourth-order valence-corrected chi connectivity index (χ4v) is 1.89. The zero-order valence-electron chi connectivity index (χ0n) is 11.1. The zero-order chi connectivity index (χ0) is 11.6. The summed E-state index contributed by atoms with van der Waals surface area (Å²) in [5.41, 5.74) is 5.97. The summed E-state index contributed by atoms with van der Waals surface area (Å²) in [6.07, 6.45) is 13.8. The van der Waals surface area contributed by atoms with Crippen LogP contribution in [-0.4, -0.2) is 35.1 Å². The van der Waals surface area contributed by atoms with E-state index >= 15 is 0 Å². The predicted octanol–water partition coefficient (Wildman–Crippen LogP) is 4.00. The van der Waals surface area contributed by atoms with Crippen molar-refractivity contribution >= 4 is 29.6 Å². The molecule has 0 spiro atoms. The number of hydrogen-bond acceptors (Lipinski definition) is 1. The predicted molar refractivity (Wildman–Crippen MR) is 77.3 cm³/mol. The molecule has 0 aliphatic heterocycles. The summed E-state index contributed by atoms with van der Waals surface area (Å²) in [5, 5.41) is 0. The van der Waals surface area contributed by atoms with Gasteiger partial charge in [-0.25, -0.2) is 0 Å². The fraction of sp³-hybridized carbons (Fsp3) is 1.00. The topological polar surface area (TPSA) is 26.0 Å². The van der Waals surface area contributed by atoms with E-state index in [1.165, 1.54) is 64.2 Å². The van der Waals surface area contributed by atoms with Gasteiger partial charge in [-0.1, -0.05) is 64.7 Å². The third kappa shape index (κ3) is 17.4. The molecule has 0 atom stereocenters. The molecule has 0 rings (SSSR count). The van der Waals surface area contributed by atoms with Crippen LogP contribution in [0.3, 0.4) is 0 Å². The van der Waals surface area contributed by atoms with Gasteiger partial charge in [0, 0.05) is 5.54 Å². The Bertz CT molecular complexity index is 129. The minimum atomic E-state index is 0. The standard InChI is InChI=1S/C14H31N.Na.H/c1-4-5-6-7-8-9-10-11-12-13-14(2,3)15;;/h4-13,15H2,1-3H3;;. The van der Waals surface area contributed by atoms with Crippen molar-refractivity contribution in [2.75, 3.05) is 0 Å². The summed E-state index contributed by atoms with van der Waals surface area (Å²) in [4.78, 5) is 0. The Morgan fingerprint density at radius 3 is 1.50 bits per heavy atom. The van der Waals surface area contributed by atoms with Crippen LogP contribution in [0, 0.1) is 0 Å².